The highest BCUT2D eigenvalue weighted by molar-refractivity contribution is 6.30. The Morgan fingerprint density at radius 2 is 1.96 bits per heavy atom. The van der Waals surface area contributed by atoms with Gasteiger partial charge in [-0.05, 0) is 23.6 Å². The average Bonchev–Trinajstić information content (AvgIpc) is 3.21. The van der Waals surface area contributed by atoms with Crippen molar-refractivity contribution in [2.24, 2.45) is 5.84 Å². The largest absolute Gasteiger partial charge is 0.357 e. The predicted molar refractivity (Wildman–Crippen MR) is 88.2 cm³/mol. The number of fused-ring (bicyclic) bond motifs is 2. The van der Waals surface area contributed by atoms with E-state index in [0.717, 1.165) is 4.57 Å². The highest BCUT2D eigenvalue weighted by atomic mass is 35.5. The molecule has 2 aromatic heterocycles. The summed E-state index contributed by atoms with van der Waals surface area (Å²) in [5.74, 6) is 5.46. The Bertz CT molecular complexity index is 864. The summed E-state index contributed by atoms with van der Waals surface area (Å²) in [4.78, 5) is 22.9. The number of allylic oxidation sites excluding steroid dienone is 6. The first-order chi connectivity index (χ1) is 11.2. The highest BCUT2D eigenvalue weighted by Crippen LogP contribution is 2.27. The molecule has 8 heteroatoms. The van der Waals surface area contributed by atoms with Crippen LogP contribution in [0, 0.1) is 0 Å². The first-order valence-corrected chi connectivity index (χ1v) is 7.15. The average molecular weight is 329 g/mol. The molecule has 2 aliphatic rings. The van der Waals surface area contributed by atoms with Gasteiger partial charge in [0.15, 0.2) is 0 Å². The fraction of sp³-hybridized carbons (Fsp3) is 0.0667. The van der Waals surface area contributed by atoms with E-state index in [1.54, 1.807) is 6.07 Å². The van der Waals surface area contributed by atoms with E-state index in [9.17, 15) is 4.79 Å². The van der Waals surface area contributed by atoms with Crippen LogP contribution in [0.2, 0.25) is 5.02 Å². The normalized spacial score (nSPS) is 14.0. The lowest BCUT2D eigenvalue weighted by atomic mass is 10.3. The van der Waals surface area contributed by atoms with E-state index in [0.29, 0.717) is 10.8 Å². The summed E-state index contributed by atoms with van der Waals surface area (Å²) in [5.41, 5.74) is 4.57. The summed E-state index contributed by atoms with van der Waals surface area (Å²) in [6, 6.07) is 3.13. The van der Waals surface area contributed by atoms with Crippen molar-refractivity contribution in [1.29, 1.82) is 0 Å². The van der Waals surface area contributed by atoms with Crippen LogP contribution in [0.4, 0.5) is 5.95 Å². The molecular weight excluding hydrogens is 316 g/mol. The number of hydrogen-bond donors (Lipinski definition) is 2. The summed E-state index contributed by atoms with van der Waals surface area (Å²) >= 11 is 5.78. The Morgan fingerprint density at radius 3 is 2.43 bits per heavy atom. The maximum Gasteiger partial charge on any atom is 0.357 e. The van der Waals surface area contributed by atoms with Crippen LogP contribution in [0.5, 0.6) is 0 Å². The van der Waals surface area contributed by atoms with Crippen LogP contribution in [-0.4, -0.2) is 19.5 Å². The molecule has 2 heterocycles. The van der Waals surface area contributed by atoms with Crippen molar-refractivity contribution in [2.45, 2.75) is 6.42 Å². The number of halogens is 1. The van der Waals surface area contributed by atoms with Gasteiger partial charge in [0.2, 0.25) is 5.95 Å². The van der Waals surface area contributed by atoms with Gasteiger partial charge in [-0.1, -0.05) is 35.9 Å². The molecule has 0 unspecified atom stereocenters. The minimum atomic E-state index is -0.544. The van der Waals surface area contributed by atoms with Crippen LogP contribution in [0.3, 0.4) is 0 Å². The second-order valence-corrected chi connectivity index (χ2v) is 5.24. The fourth-order valence-electron chi connectivity index (χ4n) is 2.10. The number of nitrogens with two attached hydrogens (primary N) is 1. The van der Waals surface area contributed by atoms with E-state index >= 15 is 0 Å². The summed E-state index contributed by atoms with van der Waals surface area (Å²) in [7, 11) is 0. The molecule has 0 atom stereocenters. The molecule has 116 valence electrons. The molecule has 0 saturated carbocycles. The predicted octanol–water partition coefficient (Wildman–Crippen LogP) is 1.77. The second kappa shape index (κ2) is 6.55. The Morgan fingerprint density at radius 1 is 1.22 bits per heavy atom. The third kappa shape index (κ3) is 3.53. The van der Waals surface area contributed by atoms with Crippen molar-refractivity contribution in [3.63, 3.8) is 0 Å². The van der Waals surface area contributed by atoms with Crippen LogP contribution >= 0.6 is 11.6 Å². The Labute approximate surface area is 136 Å². The molecule has 0 saturated heterocycles. The Hall–Kier alpha value is -2.77. The van der Waals surface area contributed by atoms with Crippen LogP contribution < -0.4 is 17.0 Å². The number of anilines is 1. The quantitative estimate of drug-likeness (QED) is 0.644. The molecule has 0 spiro atoms. The van der Waals surface area contributed by atoms with Gasteiger partial charge in [-0.2, -0.15) is 4.98 Å². The van der Waals surface area contributed by atoms with Crippen molar-refractivity contribution in [3.8, 4) is 5.82 Å². The van der Waals surface area contributed by atoms with E-state index in [1.165, 1.54) is 36.2 Å². The number of pyridine rings is 1. The molecule has 2 aromatic rings. The number of aromatic nitrogens is 4. The van der Waals surface area contributed by atoms with Gasteiger partial charge < -0.3 is 0 Å². The molecule has 0 radical (unpaired) electrons. The van der Waals surface area contributed by atoms with Gasteiger partial charge in [0.25, 0.3) is 0 Å². The zero-order valence-corrected chi connectivity index (χ0v) is 12.7. The van der Waals surface area contributed by atoms with Crippen LogP contribution in [-0.2, 0) is 0 Å². The number of hydrazine groups is 1. The zero-order chi connectivity index (χ0) is 16.2. The molecule has 7 nitrogen and oxygen atoms in total. The summed E-state index contributed by atoms with van der Waals surface area (Å²) < 4.78 is 1.16. The van der Waals surface area contributed by atoms with Crippen molar-refractivity contribution in [3.05, 3.63) is 75.6 Å². The SMILES string of the molecule is C1=CC2=CC=C1C2.NNc1ncn(-c2cc(Cl)ccn2)c(=O)n1. The van der Waals surface area contributed by atoms with Crippen LogP contribution in [0.1, 0.15) is 6.42 Å². The van der Waals surface area contributed by atoms with E-state index in [2.05, 4.69) is 44.7 Å². The molecule has 23 heavy (non-hydrogen) atoms. The van der Waals surface area contributed by atoms with Gasteiger partial charge in [0.05, 0.1) is 0 Å². The molecule has 3 N–H and O–H groups in total. The fourth-order valence-corrected chi connectivity index (χ4v) is 2.25. The number of hydrogen-bond acceptors (Lipinski definition) is 6. The first-order valence-electron chi connectivity index (χ1n) is 6.78. The van der Waals surface area contributed by atoms with Crippen molar-refractivity contribution in [1.82, 2.24) is 19.5 Å². The minimum absolute atomic E-state index is 0.0447. The monoisotopic (exact) mass is 328 g/mol. The molecule has 0 aliphatic heterocycles. The van der Waals surface area contributed by atoms with Crippen molar-refractivity contribution in [2.75, 3.05) is 5.43 Å². The molecule has 2 bridgehead atoms. The minimum Gasteiger partial charge on any atom is -0.292 e. The summed E-state index contributed by atoms with van der Waals surface area (Å²) in [6.45, 7) is 0. The Kier molecular flexibility index (Phi) is 4.31. The van der Waals surface area contributed by atoms with Gasteiger partial charge in [0, 0.05) is 17.3 Å². The molecule has 0 fully saturated rings. The lowest BCUT2D eigenvalue weighted by Gasteiger charge is -2.03. The van der Waals surface area contributed by atoms with Gasteiger partial charge >= 0.3 is 5.69 Å². The Balaban J connectivity index is 0.000000183. The molecule has 0 aromatic carbocycles. The molecular formula is C15H13ClN6O. The number of nitrogens with one attached hydrogen (secondary N) is 1. The van der Waals surface area contributed by atoms with E-state index in [-0.39, 0.29) is 5.95 Å². The number of rotatable bonds is 2. The van der Waals surface area contributed by atoms with Crippen molar-refractivity contribution >= 4 is 17.5 Å². The number of nitrogens with zero attached hydrogens (tertiary/aromatic N) is 4. The zero-order valence-electron chi connectivity index (χ0n) is 12.0. The highest BCUT2D eigenvalue weighted by Gasteiger charge is 2.07. The maximum atomic E-state index is 11.5. The van der Waals surface area contributed by atoms with E-state index < -0.39 is 5.69 Å². The summed E-state index contributed by atoms with van der Waals surface area (Å²) in [6.07, 6.45) is 12.7. The van der Waals surface area contributed by atoms with Crippen LogP contribution in [0.15, 0.2) is 64.9 Å². The van der Waals surface area contributed by atoms with Gasteiger partial charge in [-0.3, -0.25) is 5.43 Å². The van der Waals surface area contributed by atoms with Crippen molar-refractivity contribution < 1.29 is 0 Å². The van der Waals surface area contributed by atoms with E-state index in [1.807, 2.05) is 0 Å². The topological polar surface area (TPSA) is 98.7 Å². The summed E-state index contributed by atoms with van der Waals surface area (Å²) in [5, 5.41) is 0.470. The smallest absolute Gasteiger partial charge is 0.292 e. The molecule has 4 rings (SSSR count). The molecule has 2 aliphatic carbocycles. The number of nitrogen functional groups attached to an aromatic ring is 1. The van der Waals surface area contributed by atoms with Gasteiger partial charge in [0.1, 0.15) is 12.1 Å². The third-order valence-electron chi connectivity index (χ3n) is 3.22. The van der Waals surface area contributed by atoms with Gasteiger partial charge in [-0.25, -0.2) is 25.2 Å². The standard InChI is InChI=1S/C8H7ClN6O.C7H6/c9-5-1-2-11-6(3-5)15-4-12-7(14-10)13-8(15)16;1-2-7-4-3-6(1)5-7/h1-4H,10H2,(H,13,14,16);1-4H,5H2. The first kappa shape index (κ1) is 15.1. The van der Waals surface area contributed by atoms with Gasteiger partial charge in [-0.15, -0.1) is 0 Å². The van der Waals surface area contributed by atoms with E-state index in [4.69, 9.17) is 17.4 Å². The second-order valence-electron chi connectivity index (χ2n) is 4.80. The third-order valence-corrected chi connectivity index (χ3v) is 3.45. The lowest BCUT2D eigenvalue weighted by Crippen LogP contribution is -2.25. The lowest BCUT2D eigenvalue weighted by molar-refractivity contribution is 0.835. The molecule has 0 amide bonds. The maximum absolute atomic E-state index is 11.5. The van der Waals surface area contributed by atoms with Crippen LogP contribution in [0.25, 0.3) is 5.82 Å².